The van der Waals surface area contributed by atoms with E-state index in [4.69, 9.17) is 4.74 Å². The lowest BCUT2D eigenvalue weighted by molar-refractivity contribution is 0.0208. The van der Waals surface area contributed by atoms with Crippen molar-refractivity contribution in [3.63, 3.8) is 0 Å². The van der Waals surface area contributed by atoms with Crippen molar-refractivity contribution in [3.05, 3.63) is 40.7 Å². The smallest absolute Gasteiger partial charge is 0.334 e. The summed E-state index contributed by atoms with van der Waals surface area (Å²) in [5, 5.41) is 7.06. The molecule has 2 aliphatic carbocycles. The van der Waals surface area contributed by atoms with Crippen molar-refractivity contribution in [2.24, 2.45) is 7.05 Å². The van der Waals surface area contributed by atoms with Crippen molar-refractivity contribution in [3.8, 4) is 0 Å². The van der Waals surface area contributed by atoms with E-state index in [1.165, 1.54) is 21.6 Å². The highest BCUT2D eigenvalue weighted by molar-refractivity contribution is 7.91. The van der Waals surface area contributed by atoms with Crippen LogP contribution in [-0.2, 0) is 47.7 Å². The Morgan fingerprint density at radius 3 is 2.48 bits per heavy atom. The number of fused-ring (bicyclic) bond motifs is 2. The number of amides is 2. The van der Waals surface area contributed by atoms with Gasteiger partial charge in [0.25, 0.3) is 0 Å². The van der Waals surface area contributed by atoms with Gasteiger partial charge in [0, 0.05) is 25.5 Å². The number of hydrogen-bond donors (Lipinski definition) is 2. The fraction of sp³-hybridized carbons (Fsp3) is 0.565. The maximum atomic E-state index is 13.5. The van der Waals surface area contributed by atoms with Crippen molar-refractivity contribution < 1.29 is 17.9 Å². The van der Waals surface area contributed by atoms with Gasteiger partial charge in [-0.25, -0.2) is 13.8 Å². The Morgan fingerprint density at radius 2 is 1.88 bits per heavy atom. The molecular formula is C23H31N5O4S. The van der Waals surface area contributed by atoms with E-state index in [2.05, 4.69) is 21.2 Å². The predicted octanol–water partition coefficient (Wildman–Crippen LogP) is 2.84. The van der Waals surface area contributed by atoms with Gasteiger partial charge in [-0.05, 0) is 80.5 Å². The van der Waals surface area contributed by atoms with Gasteiger partial charge in [0.2, 0.25) is 0 Å². The van der Waals surface area contributed by atoms with Gasteiger partial charge in [0.05, 0.1) is 24.0 Å². The first-order valence-electron chi connectivity index (χ1n) is 11.7. The average Bonchev–Trinajstić information content (AvgIpc) is 3.48. The SMILES string of the molecule is C[C@H]1CC(N(c2cnn(C)c2)S(=O)(=O)NC(=O)Nc2c3c(cc4c2CCC4)CCC3)CCO1. The first-order chi connectivity index (χ1) is 15.8. The quantitative estimate of drug-likeness (QED) is 0.695. The van der Waals surface area contributed by atoms with E-state index in [-0.39, 0.29) is 12.1 Å². The van der Waals surface area contributed by atoms with Crippen LogP contribution in [-0.4, -0.2) is 43.0 Å². The third-order valence-electron chi connectivity index (χ3n) is 6.93. The summed E-state index contributed by atoms with van der Waals surface area (Å²) in [5.74, 6) is 0. The van der Waals surface area contributed by atoms with E-state index in [0.29, 0.717) is 25.1 Å². The Hall–Kier alpha value is -2.59. The maximum absolute atomic E-state index is 13.5. The van der Waals surface area contributed by atoms with E-state index < -0.39 is 16.2 Å². The highest BCUT2D eigenvalue weighted by atomic mass is 32.2. The normalized spacial score (nSPS) is 22.0. The van der Waals surface area contributed by atoms with Crippen LogP contribution in [0.5, 0.6) is 0 Å². The standard InChI is InChI=1S/C23H31N5O4S/c1-15-11-18(9-10-32-15)28(19-13-24-27(2)14-19)33(30,31)26-23(29)25-22-20-7-3-5-16(20)12-17-6-4-8-21(17)22/h12-15,18H,3-11H2,1-2H3,(H2,25,26,29)/t15-,18?/m0/s1. The molecule has 0 bridgehead atoms. The fourth-order valence-electron chi connectivity index (χ4n) is 5.53. The highest BCUT2D eigenvalue weighted by Gasteiger charge is 2.36. The molecule has 0 radical (unpaired) electrons. The second-order valence-corrected chi connectivity index (χ2v) is 10.9. The van der Waals surface area contributed by atoms with Gasteiger partial charge in [0.1, 0.15) is 0 Å². The van der Waals surface area contributed by atoms with E-state index in [1.54, 1.807) is 17.9 Å². The van der Waals surface area contributed by atoms with Crippen molar-refractivity contribution in [1.29, 1.82) is 0 Å². The van der Waals surface area contributed by atoms with Crippen LogP contribution in [0.15, 0.2) is 18.5 Å². The molecule has 33 heavy (non-hydrogen) atoms. The molecule has 9 nitrogen and oxygen atoms in total. The zero-order chi connectivity index (χ0) is 23.2. The van der Waals surface area contributed by atoms with Gasteiger partial charge in [-0.2, -0.15) is 13.5 Å². The summed E-state index contributed by atoms with van der Waals surface area (Å²) in [7, 11) is -2.44. The van der Waals surface area contributed by atoms with Crippen LogP contribution in [0, 0.1) is 0 Å². The summed E-state index contributed by atoms with van der Waals surface area (Å²) in [6, 6.07) is 1.23. The number of anilines is 2. The van der Waals surface area contributed by atoms with Crippen LogP contribution in [0.2, 0.25) is 0 Å². The van der Waals surface area contributed by atoms with Crippen LogP contribution in [0.1, 0.15) is 54.9 Å². The minimum Gasteiger partial charge on any atom is -0.378 e. The number of ether oxygens (including phenoxy) is 1. The summed E-state index contributed by atoms with van der Waals surface area (Å²) >= 11 is 0. The third-order valence-corrected chi connectivity index (χ3v) is 8.40. The first kappa shape index (κ1) is 22.2. The molecule has 1 aromatic carbocycles. The molecule has 2 heterocycles. The summed E-state index contributed by atoms with van der Waals surface area (Å²) in [4.78, 5) is 13.0. The van der Waals surface area contributed by atoms with Crippen molar-refractivity contribution in [1.82, 2.24) is 14.5 Å². The molecular weight excluding hydrogens is 442 g/mol. The van der Waals surface area contributed by atoms with E-state index in [1.807, 2.05) is 6.92 Å². The molecule has 178 valence electrons. The van der Waals surface area contributed by atoms with Crippen LogP contribution < -0.4 is 14.3 Å². The van der Waals surface area contributed by atoms with E-state index >= 15 is 0 Å². The Labute approximate surface area is 194 Å². The van der Waals surface area contributed by atoms with E-state index in [0.717, 1.165) is 55.3 Å². The Bertz CT molecular complexity index is 1140. The number of aromatic nitrogens is 2. The number of hydrogen-bond acceptors (Lipinski definition) is 5. The molecule has 2 amide bonds. The van der Waals surface area contributed by atoms with Crippen molar-refractivity contribution >= 4 is 27.6 Å². The summed E-state index contributed by atoms with van der Waals surface area (Å²) < 4.78 is 37.7. The molecule has 1 saturated heterocycles. The number of rotatable bonds is 5. The Balaban J connectivity index is 1.41. The molecule has 3 aliphatic rings. The lowest BCUT2D eigenvalue weighted by Crippen LogP contribution is -2.52. The summed E-state index contributed by atoms with van der Waals surface area (Å²) in [6.45, 7) is 2.39. The van der Waals surface area contributed by atoms with Crippen LogP contribution in [0.4, 0.5) is 16.2 Å². The van der Waals surface area contributed by atoms with Crippen molar-refractivity contribution in [2.45, 2.75) is 70.4 Å². The second kappa shape index (κ2) is 8.64. The molecule has 2 N–H and O–H groups in total. The molecule has 1 unspecified atom stereocenters. The lowest BCUT2D eigenvalue weighted by Gasteiger charge is -2.36. The predicted molar refractivity (Wildman–Crippen MR) is 126 cm³/mol. The number of nitrogens with zero attached hydrogens (tertiary/aromatic N) is 3. The van der Waals surface area contributed by atoms with Gasteiger partial charge in [-0.15, -0.1) is 0 Å². The van der Waals surface area contributed by atoms with Crippen molar-refractivity contribution in [2.75, 3.05) is 16.2 Å². The Morgan fingerprint density at radius 1 is 1.18 bits per heavy atom. The first-order valence-corrected chi connectivity index (χ1v) is 13.2. The number of aryl methyl sites for hydroxylation is 3. The number of nitrogens with one attached hydrogen (secondary N) is 2. The lowest BCUT2D eigenvalue weighted by atomic mass is 9.99. The van der Waals surface area contributed by atoms with Gasteiger partial charge in [0.15, 0.2) is 0 Å². The van der Waals surface area contributed by atoms with Crippen LogP contribution in [0.25, 0.3) is 0 Å². The minimum absolute atomic E-state index is 0.0681. The van der Waals surface area contributed by atoms with Gasteiger partial charge >= 0.3 is 16.2 Å². The van der Waals surface area contributed by atoms with Crippen LogP contribution >= 0.6 is 0 Å². The average molecular weight is 474 g/mol. The van der Waals surface area contributed by atoms with E-state index in [9.17, 15) is 13.2 Å². The molecule has 0 saturated carbocycles. The molecule has 10 heteroatoms. The molecule has 1 fully saturated rings. The molecule has 1 aromatic heterocycles. The zero-order valence-corrected chi connectivity index (χ0v) is 20.0. The maximum Gasteiger partial charge on any atom is 0.334 e. The largest absolute Gasteiger partial charge is 0.378 e. The second-order valence-electron chi connectivity index (χ2n) is 9.32. The fourth-order valence-corrected chi connectivity index (χ4v) is 6.87. The summed E-state index contributed by atoms with van der Waals surface area (Å²) in [5.41, 5.74) is 6.12. The molecule has 0 spiro atoms. The molecule has 2 atom stereocenters. The zero-order valence-electron chi connectivity index (χ0n) is 19.1. The number of benzene rings is 1. The Kier molecular flexibility index (Phi) is 5.82. The minimum atomic E-state index is -4.17. The third kappa shape index (κ3) is 4.33. The summed E-state index contributed by atoms with van der Waals surface area (Å²) in [6.07, 6.45) is 10.1. The molecule has 5 rings (SSSR count). The number of carbonyl (C=O) groups excluding carboxylic acids is 1. The number of carbonyl (C=O) groups is 1. The van der Waals surface area contributed by atoms with Crippen LogP contribution in [0.3, 0.4) is 0 Å². The molecule has 2 aromatic rings. The van der Waals surface area contributed by atoms with Gasteiger partial charge in [-0.1, -0.05) is 6.07 Å². The monoisotopic (exact) mass is 473 g/mol. The topological polar surface area (TPSA) is 106 Å². The highest BCUT2D eigenvalue weighted by Crippen LogP contribution is 2.38. The van der Waals surface area contributed by atoms with Gasteiger partial charge < -0.3 is 10.1 Å². The number of urea groups is 1. The molecule has 1 aliphatic heterocycles. The van der Waals surface area contributed by atoms with Gasteiger partial charge in [-0.3, -0.25) is 4.68 Å².